The zero-order valence-corrected chi connectivity index (χ0v) is 18.3. The molecule has 0 aliphatic rings. The van der Waals surface area contributed by atoms with Crippen LogP contribution in [0.15, 0.2) is 37.3 Å². The maximum absolute atomic E-state index is 13.0. The molecule has 0 saturated heterocycles. The summed E-state index contributed by atoms with van der Waals surface area (Å²) in [5.74, 6) is -2.77. The van der Waals surface area contributed by atoms with Crippen molar-refractivity contribution in [2.24, 2.45) is 14.6 Å². The standard InChI is InChI=1S/C16H20F3N5O4S.Ni/c1-5-24(6-2)13-8-12(23-29(25,28-19)16(17)18)11(9-14(13)26-4)20-21-15-7-10(3)27-22-15;/h7-9,16H,5-6H2,1-4H3;/q;+2. The summed E-state index contributed by atoms with van der Waals surface area (Å²) in [5.41, 5.74) is 0.0332. The molecule has 0 saturated carbocycles. The molecule has 9 nitrogen and oxygen atoms in total. The van der Waals surface area contributed by atoms with Crippen LogP contribution in [0.25, 0.3) is 0 Å². The number of azo groups is 1. The number of rotatable bonds is 9. The number of hydrogen-bond acceptors (Lipinski definition) is 9. The van der Waals surface area contributed by atoms with Crippen LogP contribution in [0.2, 0.25) is 0 Å². The van der Waals surface area contributed by atoms with Gasteiger partial charge in [0.05, 0.1) is 12.8 Å². The van der Waals surface area contributed by atoms with Gasteiger partial charge in [0, 0.05) is 25.2 Å². The van der Waals surface area contributed by atoms with E-state index in [4.69, 9.17) is 9.26 Å². The number of benzene rings is 1. The van der Waals surface area contributed by atoms with Crippen molar-refractivity contribution in [2.45, 2.75) is 26.5 Å². The average molecular weight is 494 g/mol. The van der Waals surface area contributed by atoms with Crippen LogP contribution >= 0.6 is 0 Å². The zero-order chi connectivity index (χ0) is 21.6. The van der Waals surface area contributed by atoms with Crippen molar-refractivity contribution in [1.29, 1.82) is 0 Å². The fraction of sp³-hybridized carbons (Fsp3) is 0.438. The molecule has 168 valence electrons. The van der Waals surface area contributed by atoms with E-state index in [9.17, 15) is 17.5 Å². The van der Waals surface area contributed by atoms with Crippen LogP contribution in [-0.4, -0.2) is 35.3 Å². The van der Waals surface area contributed by atoms with Gasteiger partial charge in [0.15, 0.2) is 0 Å². The minimum Gasteiger partial charge on any atom is -0.494 e. The van der Waals surface area contributed by atoms with Crippen LogP contribution in [0.3, 0.4) is 0 Å². The van der Waals surface area contributed by atoms with Crippen molar-refractivity contribution in [3.8, 4) is 5.75 Å². The van der Waals surface area contributed by atoms with E-state index in [-0.39, 0.29) is 33.7 Å². The van der Waals surface area contributed by atoms with Gasteiger partial charge in [-0.2, -0.15) is 13.1 Å². The van der Waals surface area contributed by atoms with Gasteiger partial charge in [0.2, 0.25) is 5.82 Å². The van der Waals surface area contributed by atoms with E-state index < -0.39 is 15.8 Å². The summed E-state index contributed by atoms with van der Waals surface area (Å²) in [6, 6.07) is 4.14. The van der Waals surface area contributed by atoms with Gasteiger partial charge in [-0.15, -0.1) is 10.2 Å². The van der Waals surface area contributed by atoms with Crippen molar-refractivity contribution in [3.05, 3.63) is 24.0 Å². The van der Waals surface area contributed by atoms with Gasteiger partial charge in [0.1, 0.15) is 22.9 Å². The molecule has 0 amide bonds. The number of anilines is 1. The van der Waals surface area contributed by atoms with E-state index in [2.05, 4.69) is 24.1 Å². The zero-order valence-electron chi connectivity index (χ0n) is 16.5. The predicted octanol–water partition coefficient (Wildman–Crippen LogP) is 5.39. The van der Waals surface area contributed by atoms with Crippen LogP contribution in [-0.2, 0) is 30.9 Å². The number of hydrogen-bond donors (Lipinski definition) is 0. The third-order valence-electron chi connectivity index (χ3n) is 3.80. The minimum atomic E-state index is -4.94. The van der Waals surface area contributed by atoms with Gasteiger partial charge in [-0.1, -0.05) is 9.54 Å². The van der Waals surface area contributed by atoms with E-state index >= 15 is 0 Å². The fourth-order valence-corrected chi connectivity index (χ4v) is 2.98. The first-order valence-corrected chi connectivity index (χ1v) is 9.94. The summed E-state index contributed by atoms with van der Waals surface area (Å²) in [7, 11) is -3.53. The summed E-state index contributed by atoms with van der Waals surface area (Å²) < 4.78 is 67.2. The second-order valence-corrected chi connectivity index (χ2v) is 7.31. The normalized spacial score (nSPS) is 13.2. The van der Waals surface area contributed by atoms with Crippen molar-refractivity contribution in [3.63, 3.8) is 0 Å². The SMILES string of the molecule is CCN(CC)c1cc(N=S(=O)(OF)C(F)F)c(N=Nc2cc(C)on2)cc1OC.[Ni+2]. The van der Waals surface area contributed by atoms with Crippen molar-refractivity contribution < 1.29 is 47.7 Å². The first-order chi connectivity index (χ1) is 13.8. The van der Waals surface area contributed by atoms with Crippen LogP contribution in [0, 0.1) is 6.92 Å². The Balaban J connectivity index is 0.00000450. The number of nitrogens with zero attached hydrogens (tertiary/aromatic N) is 5. The second kappa shape index (κ2) is 11.3. The second-order valence-electron chi connectivity index (χ2n) is 5.61. The minimum absolute atomic E-state index is 0. The van der Waals surface area contributed by atoms with Gasteiger partial charge in [-0.05, 0) is 31.4 Å². The van der Waals surface area contributed by atoms with Crippen LogP contribution in [0.4, 0.5) is 36.2 Å². The number of ether oxygens (including phenoxy) is 1. The Kier molecular flexibility index (Phi) is 9.72. The molecule has 1 atom stereocenters. The molecule has 0 bridgehead atoms. The summed E-state index contributed by atoms with van der Waals surface area (Å²) in [5, 5.41) is 11.3. The molecule has 1 aromatic carbocycles. The molecule has 0 aliphatic carbocycles. The van der Waals surface area contributed by atoms with Crippen molar-refractivity contribution in [1.82, 2.24) is 5.16 Å². The summed E-state index contributed by atoms with van der Waals surface area (Å²) >= 11 is 0. The van der Waals surface area contributed by atoms with E-state index in [1.807, 2.05) is 18.7 Å². The Bertz CT molecular complexity index is 991. The quantitative estimate of drug-likeness (QED) is 0.342. The third-order valence-corrected chi connectivity index (χ3v) is 4.88. The maximum atomic E-state index is 13.0. The predicted molar refractivity (Wildman–Crippen MR) is 100 cm³/mol. The molecule has 0 aliphatic heterocycles. The Morgan fingerprint density at radius 1 is 1.20 bits per heavy atom. The molecular weight excluding hydrogens is 474 g/mol. The molecule has 2 aromatic rings. The largest absolute Gasteiger partial charge is 2.00 e. The number of aromatic nitrogens is 1. The molecule has 0 fully saturated rings. The van der Waals surface area contributed by atoms with E-state index in [0.717, 1.165) is 0 Å². The molecule has 2 rings (SSSR count). The van der Waals surface area contributed by atoms with Gasteiger partial charge in [0.25, 0.3) is 10.0 Å². The first kappa shape index (κ1) is 25.9. The molecule has 14 heteroatoms. The number of aryl methyl sites for hydroxylation is 1. The number of halogens is 3. The number of alkyl halides is 2. The molecule has 30 heavy (non-hydrogen) atoms. The molecule has 1 unspecified atom stereocenters. The maximum Gasteiger partial charge on any atom is 2.00 e. The van der Waals surface area contributed by atoms with E-state index in [0.29, 0.717) is 30.3 Å². The molecule has 0 radical (unpaired) electrons. The Morgan fingerprint density at radius 3 is 2.33 bits per heavy atom. The first-order valence-electron chi connectivity index (χ1n) is 8.44. The monoisotopic (exact) mass is 493 g/mol. The van der Waals surface area contributed by atoms with E-state index in [1.54, 1.807) is 6.92 Å². The summed E-state index contributed by atoms with van der Waals surface area (Å²) in [6.45, 7) is 6.48. The van der Waals surface area contributed by atoms with Crippen molar-refractivity contribution in [2.75, 3.05) is 25.1 Å². The van der Waals surface area contributed by atoms with Gasteiger partial charge in [-0.3, -0.25) is 0 Å². The molecule has 1 aromatic heterocycles. The average Bonchev–Trinajstić information content (AvgIpc) is 3.13. The van der Waals surface area contributed by atoms with Crippen molar-refractivity contribution >= 4 is 32.9 Å². The van der Waals surface area contributed by atoms with Gasteiger partial charge in [-0.25, -0.2) is 4.21 Å². The van der Waals surface area contributed by atoms with Crippen LogP contribution in [0.1, 0.15) is 19.6 Å². The van der Waals surface area contributed by atoms with Crippen LogP contribution in [0.5, 0.6) is 5.75 Å². The Morgan fingerprint density at radius 2 is 1.87 bits per heavy atom. The van der Waals surface area contributed by atoms with Gasteiger partial charge < -0.3 is 14.2 Å². The molecule has 0 N–H and O–H groups in total. The third kappa shape index (κ3) is 5.92. The molecule has 1 heterocycles. The molecular formula is C16H20F3N5NiO4S+2. The summed E-state index contributed by atoms with van der Waals surface area (Å²) in [6.07, 6.45) is 0. The Labute approximate surface area is 181 Å². The fourth-order valence-electron chi connectivity index (χ4n) is 2.40. The van der Waals surface area contributed by atoms with Crippen LogP contribution < -0.4 is 9.64 Å². The van der Waals surface area contributed by atoms with E-state index in [1.165, 1.54) is 25.3 Å². The smallest absolute Gasteiger partial charge is 0.494 e. The topological polar surface area (TPSA) is 102 Å². The summed E-state index contributed by atoms with van der Waals surface area (Å²) in [4.78, 5) is 1.83. The number of methoxy groups -OCH3 is 1. The Hall–Kier alpha value is -2.18. The molecule has 0 spiro atoms. The van der Waals surface area contributed by atoms with Gasteiger partial charge >= 0.3 is 22.2 Å².